The highest BCUT2D eigenvalue weighted by atomic mass is 16.3. The number of benzene rings is 1. The summed E-state index contributed by atoms with van der Waals surface area (Å²) >= 11 is 0. The molecule has 0 aliphatic carbocycles. The van der Waals surface area contributed by atoms with Crippen molar-refractivity contribution in [3.05, 3.63) is 60.2 Å². The van der Waals surface area contributed by atoms with Crippen molar-refractivity contribution in [3.8, 4) is 0 Å². The van der Waals surface area contributed by atoms with Crippen LogP contribution in [-0.2, 0) is 0 Å². The average Bonchev–Trinajstić information content (AvgIpc) is 2.93. The van der Waals surface area contributed by atoms with E-state index in [-0.39, 0.29) is 6.04 Å². The van der Waals surface area contributed by atoms with Crippen LogP contribution in [0.3, 0.4) is 0 Å². The van der Waals surface area contributed by atoms with E-state index in [2.05, 4.69) is 29.4 Å². The lowest BCUT2D eigenvalue weighted by atomic mass is 10.1. The number of rotatable bonds is 3. The highest BCUT2D eigenvalue weighted by Crippen LogP contribution is 2.26. The van der Waals surface area contributed by atoms with Crippen molar-refractivity contribution < 1.29 is 4.42 Å². The Balaban J connectivity index is 1.98. The van der Waals surface area contributed by atoms with E-state index in [1.165, 1.54) is 0 Å². The van der Waals surface area contributed by atoms with Crippen LogP contribution in [0, 0.1) is 6.92 Å². The first-order valence-corrected chi connectivity index (χ1v) is 6.40. The van der Waals surface area contributed by atoms with E-state index in [4.69, 9.17) is 4.42 Å². The molecule has 1 unspecified atom stereocenters. The van der Waals surface area contributed by atoms with Crippen molar-refractivity contribution in [1.82, 2.24) is 4.98 Å². The van der Waals surface area contributed by atoms with Crippen molar-refractivity contribution in [2.75, 3.05) is 5.32 Å². The zero-order chi connectivity index (χ0) is 13.2. The normalized spacial score (nSPS) is 12.5. The molecule has 96 valence electrons. The molecule has 0 aliphatic heterocycles. The van der Waals surface area contributed by atoms with E-state index in [9.17, 15) is 0 Å². The van der Waals surface area contributed by atoms with Gasteiger partial charge in [0.25, 0.3) is 0 Å². The molecule has 3 aromatic rings. The number of para-hydroxylation sites is 1. The Bertz CT molecular complexity index is 689. The quantitative estimate of drug-likeness (QED) is 0.754. The van der Waals surface area contributed by atoms with Gasteiger partial charge in [-0.15, -0.1) is 0 Å². The first kappa shape index (κ1) is 11.8. The van der Waals surface area contributed by atoms with Gasteiger partial charge in [-0.3, -0.25) is 4.98 Å². The minimum absolute atomic E-state index is 0.114. The van der Waals surface area contributed by atoms with Crippen LogP contribution in [0.5, 0.6) is 0 Å². The molecule has 2 heterocycles. The van der Waals surface area contributed by atoms with Crippen molar-refractivity contribution in [3.63, 3.8) is 0 Å². The van der Waals surface area contributed by atoms with Crippen molar-refractivity contribution >= 4 is 16.6 Å². The molecular weight excluding hydrogens is 236 g/mol. The fourth-order valence-corrected chi connectivity index (χ4v) is 2.20. The summed E-state index contributed by atoms with van der Waals surface area (Å²) in [7, 11) is 0. The summed E-state index contributed by atoms with van der Waals surface area (Å²) in [6.45, 7) is 4.08. The first-order valence-electron chi connectivity index (χ1n) is 6.40. The lowest BCUT2D eigenvalue weighted by Crippen LogP contribution is -2.06. The lowest BCUT2D eigenvalue weighted by Gasteiger charge is -2.14. The smallest absolute Gasteiger partial charge is 0.125 e. The predicted octanol–water partition coefficient (Wildman–Crippen LogP) is 4.31. The number of anilines is 1. The fourth-order valence-electron chi connectivity index (χ4n) is 2.20. The Morgan fingerprint density at radius 3 is 2.79 bits per heavy atom. The largest absolute Gasteiger partial charge is 0.467 e. The summed E-state index contributed by atoms with van der Waals surface area (Å²) < 4.78 is 5.42. The maximum Gasteiger partial charge on any atom is 0.125 e. The van der Waals surface area contributed by atoms with Crippen LogP contribution >= 0.6 is 0 Å². The van der Waals surface area contributed by atoms with E-state index in [1.807, 2.05) is 37.3 Å². The van der Waals surface area contributed by atoms with Gasteiger partial charge in [-0.2, -0.15) is 0 Å². The summed E-state index contributed by atoms with van der Waals surface area (Å²) in [5.41, 5.74) is 3.05. The molecule has 0 radical (unpaired) electrons. The minimum atomic E-state index is 0.114. The number of hydrogen-bond donors (Lipinski definition) is 1. The molecule has 2 aromatic heterocycles. The van der Waals surface area contributed by atoms with Crippen LogP contribution in [-0.4, -0.2) is 4.98 Å². The van der Waals surface area contributed by atoms with Gasteiger partial charge in [0.05, 0.1) is 23.5 Å². The average molecular weight is 252 g/mol. The van der Waals surface area contributed by atoms with Crippen LogP contribution < -0.4 is 5.32 Å². The van der Waals surface area contributed by atoms with E-state index >= 15 is 0 Å². The van der Waals surface area contributed by atoms with Crippen molar-refractivity contribution in [2.45, 2.75) is 19.9 Å². The van der Waals surface area contributed by atoms with Crippen LogP contribution in [0.15, 0.2) is 53.1 Å². The molecule has 1 aromatic carbocycles. The Morgan fingerprint density at radius 2 is 2.00 bits per heavy atom. The second-order valence-corrected chi connectivity index (χ2v) is 4.71. The number of aromatic nitrogens is 1. The van der Waals surface area contributed by atoms with Gasteiger partial charge >= 0.3 is 0 Å². The summed E-state index contributed by atoms with van der Waals surface area (Å²) in [4.78, 5) is 4.62. The van der Waals surface area contributed by atoms with E-state index in [0.717, 1.165) is 28.0 Å². The van der Waals surface area contributed by atoms with Gasteiger partial charge < -0.3 is 9.73 Å². The Hall–Kier alpha value is -2.29. The molecule has 1 N–H and O–H groups in total. The molecule has 1 atom stereocenters. The second kappa shape index (κ2) is 4.76. The Labute approximate surface area is 112 Å². The molecule has 0 saturated heterocycles. The third-order valence-electron chi connectivity index (χ3n) is 3.20. The maximum absolute atomic E-state index is 5.42. The molecule has 3 nitrogen and oxygen atoms in total. The predicted molar refractivity (Wildman–Crippen MR) is 77.2 cm³/mol. The molecule has 19 heavy (non-hydrogen) atoms. The van der Waals surface area contributed by atoms with Crippen LogP contribution in [0.4, 0.5) is 5.69 Å². The van der Waals surface area contributed by atoms with Gasteiger partial charge in [-0.1, -0.05) is 18.2 Å². The first-order chi connectivity index (χ1) is 9.24. The molecule has 0 aliphatic rings. The second-order valence-electron chi connectivity index (χ2n) is 4.71. The number of pyridine rings is 1. The topological polar surface area (TPSA) is 38.1 Å². The summed E-state index contributed by atoms with van der Waals surface area (Å²) in [5, 5.41) is 4.60. The van der Waals surface area contributed by atoms with Crippen molar-refractivity contribution in [2.24, 2.45) is 0 Å². The lowest BCUT2D eigenvalue weighted by molar-refractivity contribution is 0.491. The SMILES string of the molecule is Cc1ccc2cccc(NC(C)c3ccco3)c2n1. The van der Waals surface area contributed by atoms with E-state index in [0.29, 0.717) is 0 Å². The zero-order valence-corrected chi connectivity index (χ0v) is 11.1. The summed E-state index contributed by atoms with van der Waals surface area (Å²) in [5.74, 6) is 0.921. The maximum atomic E-state index is 5.42. The third kappa shape index (κ3) is 2.32. The number of aryl methyl sites for hydroxylation is 1. The summed E-state index contributed by atoms with van der Waals surface area (Å²) in [6, 6.07) is 14.3. The standard InChI is InChI=1S/C16H16N2O/c1-11-8-9-13-5-3-6-14(16(13)17-11)18-12(2)15-7-4-10-19-15/h3-10,12,18H,1-2H3. The third-order valence-corrected chi connectivity index (χ3v) is 3.20. The van der Waals surface area contributed by atoms with Crippen LogP contribution in [0.2, 0.25) is 0 Å². The number of hydrogen-bond acceptors (Lipinski definition) is 3. The van der Waals surface area contributed by atoms with Gasteiger partial charge in [0.15, 0.2) is 0 Å². The molecule has 0 fully saturated rings. The fraction of sp³-hybridized carbons (Fsp3) is 0.188. The van der Waals surface area contributed by atoms with Gasteiger partial charge in [0.2, 0.25) is 0 Å². The molecule has 0 amide bonds. The Morgan fingerprint density at radius 1 is 1.11 bits per heavy atom. The number of furan rings is 1. The Kier molecular flexibility index (Phi) is 2.95. The molecular formula is C16H16N2O. The molecule has 3 rings (SSSR count). The zero-order valence-electron chi connectivity index (χ0n) is 11.1. The highest BCUT2D eigenvalue weighted by molar-refractivity contribution is 5.90. The van der Waals surface area contributed by atoms with Gasteiger partial charge in [-0.25, -0.2) is 0 Å². The number of fused-ring (bicyclic) bond motifs is 1. The van der Waals surface area contributed by atoms with Crippen LogP contribution in [0.1, 0.15) is 24.4 Å². The highest BCUT2D eigenvalue weighted by Gasteiger charge is 2.10. The van der Waals surface area contributed by atoms with Gasteiger partial charge in [-0.05, 0) is 38.1 Å². The monoisotopic (exact) mass is 252 g/mol. The van der Waals surface area contributed by atoms with Gasteiger partial charge in [0, 0.05) is 11.1 Å². The van der Waals surface area contributed by atoms with E-state index in [1.54, 1.807) is 6.26 Å². The minimum Gasteiger partial charge on any atom is -0.467 e. The number of nitrogens with one attached hydrogen (secondary N) is 1. The van der Waals surface area contributed by atoms with Gasteiger partial charge in [0.1, 0.15) is 5.76 Å². The summed E-state index contributed by atoms with van der Waals surface area (Å²) in [6.07, 6.45) is 1.69. The molecule has 0 spiro atoms. The number of nitrogens with zero attached hydrogens (tertiary/aromatic N) is 1. The molecule has 3 heteroatoms. The molecule has 0 bridgehead atoms. The van der Waals surface area contributed by atoms with E-state index < -0.39 is 0 Å². The van der Waals surface area contributed by atoms with Crippen LogP contribution in [0.25, 0.3) is 10.9 Å². The van der Waals surface area contributed by atoms with Crippen molar-refractivity contribution in [1.29, 1.82) is 0 Å². The molecule has 0 saturated carbocycles.